The van der Waals surface area contributed by atoms with E-state index in [-0.39, 0.29) is 5.91 Å². The second-order valence-electron chi connectivity index (χ2n) is 5.14. The maximum absolute atomic E-state index is 13.1. The second-order valence-corrected chi connectivity index (χ2v) is 6.12. The number of rotatable bonds is 5. The zero-order valence-corrected chi connectivity index (χ0v) is 14.0. The Hall–Kier alpha value is -2.47. The lowest BCUT2D eigenvalue weighted by molar-refractivity contribution is 0.0975. The Balaban J connectivity index is 1.98. The Morgan fingerprint density at radius 3 is 2.74 bits per heavy atom. The fourth-order valence-electron chi connectivity index (χ4n) is 2.45. The predicted molar refractivity (Wildman–Crippen MR) is 91.7 cm³/mol. The summed E-state index contributed by atoms with van der Waals surface area (Å²) in [7, 11) is 0. The summed E-state index contributed by atoms with van der Waals surface area (Å²) in [6, 6.07) is 11.5. The van der Waals surface area contributed by atoms with Crippen LogP contribution in [0.25, 0.3) is 0 Å². The number of aryl methyl sites for hydroxylation is 2. The van der Waals surface area contributed by atoms with E-state index < -0.39 is 0 Å². The molecule has 0 atom stereocenters. The Labute approximate surface area is 139 Å². The molecule has 23 heavy (non-hydrogen) atoms. The standard InChI is InChI=1S/C17H18N4OS/c1-3-21-15(11-13(2)19-21)17(22)20(12-16-18-9-10-23-16)14-7-5-4-6-8-14/h4-11H,3,12H2,1-2H3. The molecule has 1 amide bonds. The molecule has 0 bridgehead atoms. The molecule has 118 valence electrons. The van der Waals surface area contributed by atoms with Crippen molar-refractivity contribution in [2.24, 2.45) is 0 Å². The highest BCUT2D eigenvalue weighted by Gasteiger charge is 2.22. The van der Waals surface area contributed by atoms with E-state index >= 15 is 0 Å². The smallest absolute Gasteiger partial charge is 0.276 e. The molecule has 0 spiro atoms. The number of thiazole rings is 1. The minimum absolute atomic E-state index is 0.0612. The lowest BCUT2D eigenvalue weighted by Crippen LogP contribution is -2.32. The van der Waals surface area contributed by atoms with Crippen molar-refractivity contribution in [3.63, 3.8) is 0 Å². The molecule has 3 aromatic rings. The van der Waals surface area contributed by atoms with Gasteiger partial charge in [-0.25, -0.2) is 4.98 Å². The lowest BCUT2D eigenvalue weighted by Gasteiger charge is -2.22. The van der Waals surface area contributed by atoms with Crippen LogP contribution in [0.4, 0.5) is 5.69 Å². The second kappa shape index (κ2) is 6.75. The van der Waals surface area contributed by atoms with Crippen molar-refractivity contribution in [2.45, 2.75) is 26.9 Å². The molecule has 0 N–H and O–H groups in total. The summed E-state index contributed by atoms with van der Waals surface area (Å²) >= 11 is 1.55. The van der Waals surface area contributed by atoms with E-state index in [0.717, 1.165) is 16.4 Å². The molecule has 0 saturated heterocycles. The van der Waals surface area contributed by atoms with Crippen LogP contribution in [0.15, 0.2) is 48.0 Å². The van der Waals surface area contributed by atoms with Gasteiger partial charge in [-0.3, -0.25) is 9.48 Å². The fraction of sp³-hybridized carbons (Fsp3) is 0.235. The topological polar surface area (TPSA) is 51.0 Å². The number of carbonyl (C=O) groups is 1. The number of aromatic nitrogens is 3. The molecular weight excluding hydrogens is 308 g/mol. The van der Waals surface area contributed by atoms with Crippen LogP contribution in [0.3, 0.4) is 0 Å². The summed E-state index contributed by atoms with van der Waals surface area (Å²) in [5.74, 6) is -0.0612. The minimum Gasteiger partial charge on any atom is -0.300 e. The fourth-order valence-corrected chi connectivity index (χ4v) is 3.06. The van der Waals surface area contributed by atoms with Gasteiger partial charge in [-0.2, -0.15) is 5.10 Å². The third-order valence-corrected chi connectivity index (χ3v) is 4.28. The van der Waals surface area contributed by atoms with Gasteiger partial charge in [0.05, 0.1) is 12.2 Å². The number of benzene rings is 1. The SMILES string of the molecule is CCn1nc(C)cc1C(=O)N(Cc1nccs1)c1ccccc1. The van der Waals surface area contributed by atoms with Gasteiger partial charge in [-0.1, -0.05) is 18.2 Å². The van der Waals surface area contributed by atoms with Crippen LogP contribution >= 0.6 is 11.3 Å². The quantitative estimate of drug-likeness (QED) is 0.721. The Morgan fingerprint density at radius 1 is 1.30 bits per heavy atom. The lowest BCUT2D eigenvalue weighted by atomic mass is 10.2. The first-order chi connectivity index (χ1) is 11.2. The summed E-state index contributed by atoms with van der Waals surface area (Å²) in [5, 5.41) is 7.20. The molecule has 5 nitrogen and oxygen atoms in total. The number of nitrogens with zero attached hydrogens (tertiary/aromatic N) is 4. The molecular formula is C17H18N4OS. The van der Waals surface area contributed by atoms with E-state index in [4.69, 9.17) is 0 Å². The van der Waals surface area contributed by atoms with Gasteiger partial charge < -0.3 is 4.90 Å². The molecule has 0 saturated carbocycles. The number of hydrogen-bond acceptors (Lipinski definition) is 4. The van der Waals surface area contributed by atoms with Gasteiger partial charge in [0.1, 0.15) is 10.7 Å². The van der Waals surface area contributed by atoms with Crippen LogP contribution in [0.1, 0.15) is 28.1 Å². The van der Waals surface area contributed by atoms with Gasteiger partial charge in [0.2, 0.25) is 0 Å². The van der Waals surface area contributed by atoms with Gasteiger partial charge in [0.15, 0.2) is 0 Å². The number of hydrogen-bond donors (Lipinski definition) is 0. The van der Waals surface area contributed by atoms with Crippen molar-refractivity contribution in [2.75, 3.05) is 4.90 Å². The highest BCUT2D eigenvalue weighted by atomic mass is 32.1. The number of para-hydroxylation sites is 1. The van der Waals surface area contributed by atoms with Crippen LogP contribution in [-0.2, 0) is 13.1 Å². The zero-order valence-electron chi connectivity index (χ0n) is 13.1. The van der Waals surface area contributed by atoms with Crippen molar-refractivity contribution in [1.29, 1.82) is 0 Å². The molecule has 2 heterocycles. The summed E-state index contributed by atoms with van der Waals surface area (Å²) in [6.45, 7) is 5.00. The number of carbonyl (C=O) groups excluding carboxylic acids is 1. The van der Waals surface area contributed by atoms with Gasteiger partial charge in [0.25, 0.3) is 5.91 Å². The minimum atomic E-state index is -0.0612. The van der Waals surface area contributed by atoms with Crippen molar-refractivity contribution in [1.82, 2.24) is 14.8 Å². The molecule has 3 rings (SSSR count). The summed E-state index contributed by atoms with van der Waals surface area (Å²) in [4.78, 5) is 19.2. The molecule has 1 aromatic carbocycles. The third-order valence-electron chi connectivity index (χ3n) is 3.51. The van der Waals surface area contributed by atoms with Crippen molar-refractivity contribution in [3.8, 4) is 0 Å². The van der Waals surface area contributed by atoms with E-state index in [1.54, 1.807) is 27.1 Å². The first-order valence-corrected chi connectivity index (χ1v) is 8.36. The highest BCUT2D eigenvalue weighted by molar-refractivity contribution is 7.09. The first-order valence-electron chi connectivity index (χ1n) is 7.48. The summed E-state index contributed by atoms with van der Waals surface area (Å²) < 4.78 is 1.75. The van der Waals surface area contributed by atoms with Crippen LogP contribution < -0.4 is 4.90 Å². The largest absolute Gasteiger partial charge is 0.300 e. The Bertz CT molecular complexity index is 780. The maximum atomic E-state index is 13.1. The van der Waals surface area contributed by atoms with E-state index in [2.05, 4.69) is 10.1 Å². The average Bonchev–Trinajstić information content (AvgIpc) is 3.22. The van der Waals surface area contributed by atoms with Crippen LogP contribution in [-0.4, -0.2) is 20.7 Å². The Kier molecular flexibility index (Phi) is 4.52. The molecule has 0 aliphatic heterocycles. The first kappa shape index (κ1) is 15.4. The van der Waals surface area contributed by atoms with Crippen molar-refractivity contribution < 1.29 is 4.79 Å². The van der Waals surface area contributed by atoms with Gasteiger partial charge >= 0.3 is 0 Å². The molecule has 0 aliphatic rings. The van der Waals surface area contributed by atoms with Crippen molar-refractivity contribution in [3.05, 3.63) is 64.4 Å². The molecule has 0 aliphatic carbocycles. The predicted octanol–water partition coefficient (Wildman–Crippen LogP) is 3.51. The van der Waals surface area contributed by atoms with E-state index in [1.807, 2.05) is 55.6 Å². The average molecular weight is 326 g/mol. The number of amides is 1. The molecule has 6 heteroatoms. The molecule has 0 fully saturated rings. The summed E-state index contributed by atoms with van der Waals surface area (Å²) in [5.41, 5.74) is 2.30. The zero-order chi connectivity index (χ0) is 16.2. The van der Waals surface area contributed by atoms with Crippen LogP contribution in [0, 0.1) is 6.92 Å². The van der Waals surface area contributed by atoms with Gasteiger partial charge in [-0.05, 0) is 32.0 Å². The Morgan fingerprint density at radius 2 is 2.09 bits per heavy atom. The normalized spacial score (nSPS) is 10.7. The maximum Gasteiger partial charge on any atom is 0.276 e. The monoisotopic (exact) mass is 326 g/mol. The third kappa shape index (κ3) is 3.32. The molecule has 0 radical (unpaired) electrons. The number of anilines is 1. The van der Waals surface area contributed by atoms with E-state index in [0.29, 0.717) is 18.8 Å². The highest BCUT2D eigenvalue weighted by Crippen LogP contribution is 2.21. The van der Waals surface area contributed by atoms with E-state index in [1.165, 1.54) is 0 Å². The van der Waals surface area contributed by atoms with Gasteiger partial charge in [-0.15, -0.1) is 11.3 Å². The van der Waals surface area contributed by atoms with Gasteiger partial charge in [0, 0.05) is 23.8 Å². The molecule has 0 unspecified atom stereocenters. The summed E-state index contributed by atoms with van der Waals surface area (Å²) in [6.07, 6.45) is 1.76. The van der Waals surface area contributed by atoms with Crippen molar-refractivity contribution >= 4 is 22.9 Å². The molecule has 2 aromatic heterocycles. The van der Waals surface area contributed by atoms with E-state index in [9.17, 15) is 4.79 Å². The van der Waals surface area contributed by atoms with Crippen LogP contribution in [0.5, 0.6) is 0 Å². The van der Waals surface area contributed by atoms with Crippen LogP contribution in [0.2, 0.25) is 0 Å².